The van der Waals surface area contributed by atoms with Gasteiger partial charge in [0.25, 0.3) is 0 Å². The van der Waals surface area contributed by atoms with Crippen molar-refractivity contribution in [2.45, 2.75) is 40.0 Å². The molecule has 1 aromatic carbocycles. The second-order valence-corrected chi connectivity index (χ2v) is 4.93. The Labute approximate surface area is 110 Å². The maximum Gasteiger partial charge on any atom is 0.0704 e. The second-order valence-electron chi connectivity index (χ2n) is 4.93. The smallest absolute Gasteiger partial charge is 0.0704 e. The van der Waals surface area contributed by atoms with Crippen molar-refractivity contribution in [1.82, 2.24) is 4.98 Å². The molecule has 0 radical (unpaired) electrons. The molecule has 1 heterocycles. The summed E-state index contributed by atoms with van der Waals surface area (Å²) in [4.78, 5) is 4.50. The van der Waals surface area contributed by atoms with Crippen LogP contribution in [0.4, 0.5) is 0 Å². The van der Waals surface area contributed by atoms with Crippen molar-refractivity contribution in [3.05, 3.63) is 53.2 Å². The molecule has 1 heteroatoms. The van der Waals surface area contributed by atoms with Crippen molar-refractivity contribution >= 4 is 0 Å². The van der Waals surface area contributed by atoms with E-state index in [0.717, 1.165) is 12.1 Å². The lowest BCUT2D eigenvalue weighted by Gasteiger charge is -2.13. The maximum absolute atomic E-state index is 4.50. The Morgan fingerprint density at radius 3 is 2.61 bits per heavy atom. The standard InChI is InChI=1S/C17H21N/c1-4-5-8-15-14(3)11-13(2)12-16(15)17-9-6-7-10-18-17/h6-7,9-12H,4-5,8H2,1-3H3. The summed E-state index contributed by atoms with van der Waals surface area (Å²) in [6.45, 7) is 6.61. The van der Waals surface area contributed by atoms with Gasteiger partial charge in [0.15, 0.2) is 0 Å². The van der Waals surface area contributed by atoms with Gasteiger partial charge in [0, 0.05) is 11.8 Å². The van der Waals surface area contributed by atoms with Gasteiger partial charge < -0.3 is 0 Å². The molecule has 2 rings (SSSR count). The zero-order valence-electron chi connectivity index (χ0n) is 11.5. The topological polar surface area (TPSA) is 12.9 Å². The molecule has 0 aliphatic carbocycles. The molecule has 0 spiro atoms. The van der Waals surface area contributed by atoms with Crippen LogP contribution in [0.3, 0.4) is 0 Å². The lowest BCUT2D eigenvalue weighted by atomic mass is 9.93. The Hall–Kier alpha value is -1.63. The van der Waals surface area contributed by atoms with Gasteiger partial charge in [-0.25, -0.2) is 0 Å². The Balaban J connectivity index is 2.50. The first-order valence-corrected chi connectivity index (χ1v) is 6.74. The Morgan fingerprint density at radius 2 is 1.94 bits per heavy atom. The van der Waals surface area contributed by atoms with Crippen LogP contribution in [0, 0.1) is 13.8 Å². The molecule has 2 aromatic rings. The van der Waals surface area contributed by atoms with Gasteiger partial charge in [0.1, 0.15) is 0 Å². The van der Waals surface area contributed by atoms with E-state index in [1.54, 1.807) is 0 Å². The van der Waals surface area contributed by atoms with Crippen LogP contribution in [-0.4, -0.2) is 4.98 Å². The third-order valence-corrected chi connectivity index (χ3v) is 3.34. The monoisotopic (exact) mass is 239 g/mol. The molecule has 0 aliphatic rings. The van der Waals surface area contributed by atoms with Gasteiger partial charge >= 0.3 is 0 Å². The number of benzene rings is 1. The third-order valence-electron chi connectivity index (χ3n) is 3.34. The average Bonchev–Trinajstić information content (AvgIpc) is 2.38. The van der Waals surface area contributed by atoms with Crippen LogP contribution in [-0.2, 0) is 6.42 Å². The van der Waals surface area contributed by atoms with Gasteiger partial charge in [-0.3, -0.25) is 4.98 Å². The van der Waals surface area contributed by atoms with Crippen LogP contribution in [0.2, 0.25) is 0 Å². The molecule has 18 heavy (non-hydrogen) atoms. The number of nitrogens with zero attached hydrogens (tertiary/aromatic N) is 1. The minimum absolute atomic E-state index is 1.09. The maximum atomic E-state index is 4.50. The van der Waals surface area contributed by atoms with E-state index in [-0.39, 0.29) is 0 Å². The quantitative estimate of drug-likeness (QED) is 0.753. The summed E-state index contributed by atoms with van der Waals surface area (Å²) in [6.07, 6.45) is 5.49. The molecular weight excluding hydrogens is 218 g/mol. The minimum Gasteiger partial charge on any atom is -0.256 e. The van der Waals surface area contributed by atoms with Crippen molar-refractivity contribution in [2.24, 2.45) is 0 Å². The van der Waals surface area contributed by atoms with Crippen LogP contribution in [0.5, 0.6) is 0 Å². The van der Waals surface area contributed by atoms with E-state index in [1.807, 2.05) is 12.3 Å². The summed E-state index contributed by atoms with van der Waals surface area (Å²) in [6, 6.07) is 10.7. The van der Waals surface area contributed by atoms with Gasteiger partial charge in [0.2, 0.25) is 0 Å². The number of hydrogen-bond acceptors (Lipinski definition) is 1. The van der Waals surface area contributed by atoms with Gasteiger partial charge in [0.05, 0.1) is 5.69 Å². The number of pyridine rings is 1. The summed E-state index contributed by atoms with van der Waals surface area (Å²) in [5.74, 6) is 0. The number of aryl methyl sites for hydroxylation is 2. The highest BCUT2D eigenvalue weighted by Gasteiger charge is 2.09. The number of hydrogen-bond donors (Lipinski definition) is 0. The molecular formula is C17H21N. The van der Waals surface area contributed by atoms with E-state index in [0.29, 0.717) is 0 Å². The number of unbranched alkanes of at least 4 members (excludes halogenated alkanes) is 1. The lowest BCUT2D eigenvalue weighted by Crippen LogP contribution is -1.97. The Morgan fingerprint density at radius 1 is 1.11 bits per heavy atom. The van der Waals surface area contributed by atoms with Crippen LogP contribution in [0.1, 0.15) is 36.5 Å². The summed E-state index contributed by atoms with van der Waals surface area (Å²) >= 11 is 0. The fourth-order valence-electron chi connectivity index (χ4n) is 2.43. The fourth-order valence-corrected chi connectivity index (χ4v) is 2.43. The average molecular weight is 239 g/mol. The highest BCUT2D eigenvalue weighted by atomic mass is 14.7. The number of rotatable bonds is 4. The minimum atomic E-state index is 1.09. The van der Waals surface area contributed by atoms with E-state index in [4.69, 9.17) is 0 Å². The van der Waals surface area contributed by atoms with E-state index in [2.05, 4.69) is 50.0 Å². The van der Waals surface area contributed by atoms with Crippen molar-refractivity contribution in [3.8, 4) is 11.3 Å². The van der Waals surface area contributed by atoms with E-state index >= 15 is 0 Å². The van der Waals surface area contributed by atoms with Gasteiger partial charge in [-0.15, -0.1) is 0 Å². The van der Waals surface area contributed by atoms with Gasteiger partial charge in [-0.2, -0.15) is 0 Å². The van der Waals surface area contributed by atoms with Gasteiger partial charge in [-0.1, -0.05) is 31.0 Å². The second kappa shape index (κ2) is 5.81. The normalized spacial score (nSPS) is 10.6. The molecule has 1 nitrogen and oxygen atoms in total. The van der Waals surface area contributed by atoms with Crippen LogP contribution in [0.15, 0.2) is 36.5 Å². The molecule has 0 fully saturated rings. The highest BCUT2D eigenvalue weighted by molar-refractivity contribution is 5.66. The number of aromatic nitrogens is 1. The molecule has 0 saturated heterocycles. The molecule has 94 valence electrons. The first-order chi connectivity index (χ1) is 8.72. The van der Waals surface area contributed by atoms with E-state index < -0.39 is 0 Å². The van der Waals surface area contributed by atoms with E-state index in [9.17, 15) is 0 Å². The summed E-state index contributed by atoms with van der Waals surface area (Å²) in [7, 11) is 0. The van der Waals surface area contributed by atoms with Crippen molar-refractivity contribution in [1.29, 1.82) is 0 Å². The predicted molar refractivity (Wildman–Crippen MR) is 77.8 cm³/mol. The predicted octanol–water partition coefficient (Wildman–Crippen LogP) is 4.71. The molecule has 0 unspecified atom stereocenters. The lowest BCUT2D eigenvalue weighted by molar-refractivity contribution is 0.792. The third kappa shape index (κ3) is 2.79. The molecule has 0 bridgehead atoms. The Kier molecular flexibility index (Phi) is 4.14. The molecule has 0 aliphatic heterocycles. The molecule has 0 saturated carbocycles. The van der Waals surface area contributed by atoms with Crippen LogP contribution < -0.4 is 0 Å². The molecule has 0 N–H and O–H groups in total. The van der Waals surface area contributed by atoms with Gasteiger partial charge in [-0.05, 0) is 56.0 Å². The van der Waals surface area contributed by atoms with Crippen molar-refractivity contribution in [2.75, 3.05) is 0 Å². The first-order valence-electron chi connectivity index (χ1n) is 6.74. The zero-order chi connectivity index (χ0) is 13.0. The summed E-state index contributed by atoms with van der Waals surface area (Å²) < 4.78 is 0. The summed E-state index contributed by atoms with van der Waals surface area (Å²) in [5, 5.41) is 0. The largest absolute Gasteiger partial charge is 0.256 e. The van der Waals surface area contributed by atoms with E-state index in [1.165, 1.54) is 35.1 Å². The van der Waals surface area contributed by atoms with Crippen LogP contribution >= 0.6 is 0 Å². The zero-order valence-corrected chi connectivity index (χ0v) is 11.5. The fraction of sp³-hybridized carbons (Fsp3) is 0.353. The summed E-state index contributed by atoms with van der Waals surface area (Å²) in [5.41, 5.74) is 6.57. The van der Waals surface area contributed by atoms with Crippen molar-refractivity contribution < 1.29 is 0 Å². The molecule has 0 atom stereocenters. The first kappa shape index (κ1) is 12.8. The molecule has 0 amide bonds. The highest BCUT2D eigenvalue weighted by Crippen LogP contribution is 2.27. The Bertz CT molecular complexity index is 515. The van der Waals surface area contributed by atoms with Crippen LogP contribution in [0.25, 0.3) is 11.3 Å². The van der Waals surface area contributed by atoms with Crippen molar-refractivity contribution in [3.63, 3.8) is 0 Å². The SMILES string of the molecule is CCCCc1c(C)cc(C)cc1-c1ccccn1. The molecule has 1 aromatic heterocycles.